The molecule has 1 N–H and O–H groups in total. The van der Waals surface area contributed by atoms with E-state index in [-0.39, 0.29) is 0 Å². The van der Waals surface area contributed by atoms with Crippen LogP contribution in [0, 0.1) is 0 Å². The monoisotopic (exact) mass is 388 g/mol. The molecule has 4 rings (SSSR count). The number of ether oxygens (including phenoxy) is 2. The number of benzene rings is 2. The van der Waals surface area contributed by atoms with E-state index in [1.807, 2.05) is 60.7 Å². The highest BCUT2D eigenvalue weighted by Crippen LogP contribution is 2.24. The molecule has 0 atom stereocenters. The predicted octanol–water partition coefficient (Wildman–Crippen LogP) is 4.43. The molecule has 0 unspecified atom stereocenters. The molecular weight excluding hydrogens is 368 g/mol. The van der Waals surface area contributed by atoms with Crippen molar-refractivity contribution in [3.63, 3.8) is 0 Å². The molecule has 0 aliphatic rings. The molecule has 4 aromatic rings. The summed E-state index contributed by atoms with van der Waals surface area (Å²) in [6, 6.07) is 19.2. The third-order valence-corrected chi connectivity index (χ3v) is 4.42. The van der Waals surface area contributed by atoms with Crippen LogP contribution in [0.2, 0.25) is 0 Å². The van der Waals surface area contributed by atoms with Gasteiger partial charge in [0, 0.05) is 18.3 Å². The summed E-state index contributed by atoms with van der Waals surface area (Å²) in [6.07, 6.45) is 1.71. The fourth-order valence-corrected chi connectivity index (χ4v) is 2.76. The van der Waals surface area contributed by atoms with Crippen molar-refractivity contribution in [3.8, 4) is 34.3 Å². The van der Waals surface area contributed by atoms with Gasteiger partial charge in [-0.2, -0.15) is 4.98 Å². The lowest BCUT2D eigenvalue weighted by molar-refractivity contribution is 0.414. The molecular formula is C22H20N4O3. The highest BCUT2D eigenvalue weighted by Gasteiger charge is 2.11. The van der Waals surface area contributed by atoms with Crippen LogP contribution in [0.3, 0.4) is 0 Å². The van der Waals surface area contributed by atoms with Crippen LogP contribution in [0.5, 0.6) is 11.5 Å². The molecule has 29 heavy (non-hydrogen) atoms. The van der Waals surface area contributed by atoms with Crippen molar-refractivity contribution in [2.24, 2.45) is 0 Å². The van der Waals surface area contributed by atoms with Gasteiger partial charge in [0.05, 0.1) is 19.8 Å². The summed E-state index contributed by atoms with van der Waals surface area (Å²) in [4.78, 5) is 8.88. The number of nitrogens with one attached hydrogen (secondary N) is 1. The maximum Gasteiger partial charge on any atom is 0.259 e. The van der Waals surface area contributed by atoms with E-state index in [1.54, 1.807) is 20.4 Å². The van der Waals surface area contributed by atoms with Crippen LogP contribution < -0.4 is 14.8 Å². The number of nitrogens with zero attached hydrogens (tertiary/aromatic N) is 3. The number of aromatic nitrogens is 3. The van der Waals surface area contributed by atoms with E-state index in [0.29, 0.717) is 18.3 Å². The van der Waals surface area contributed by atoms with Crippen LogP contribution in [0.15, 0.2) is 71.4 Å². The third kappa shape index (κ3) is 4.35. The van der Waals surface area contributed by atoms with Gasteiger partial charge in [-0.25, -0.2) is 4.98 Å². The van der Waals surface area contributed by atoms with E-state index >= 15 is 0 Å². The van der Waals surface area contributed by atoms with E-state index in [1.165, 1.54) is 0 Å². The summed E-state index contributed by atoms with van der Waals surface area (Å²) in [5.41, 5.74) is 2.75. The van der Waals surface area contributed by atoms with Crippen LogP contribution in [-0.4, -0.2) is 29.3 Å². The molecule has 0 bridgehead atoms. The second-order valence-corrected chi connectivity index (χ2v) is 6.29. The van der Waals surface area contributed by atoms with Gasteiger partial charge in [-0.15, -0.1) is 0 Å². The summed E-state index contributed by atoms with van der Waals surface area (Å²) in [7, 11) is 3.28. The van der Waals surface area contributed by atoms with Crippen molar-refractivity contribution in [2.75, 3.05) is 19.5 Å². The van der Waals surface area contributed by atoms with Crippen molar-refractivity contribution in [1.29, 1.82) is 0 Å². The molecule has 2 aromatic heterocycles. The molecule has 2 heterocycles. The minimum Gasteiger partial charge on any atom is -0.497 e. The highest BCUT2D eigenvalue weighted by atomic mass is 16.5. The van der Waals surface area contributed by atoms with Crippen LogP contribution in [0.1, 0.15) is 5.56 Å². The Labute approximate surface area is 168 Å². The van der Waals surface area contributed by atoms with Crippen LogP contribution >= 0.6 is 0 Å². The third-order valence-electron chi connectivity index (χ3n) is 4.42. The molecule has 2 aromatic carbocycles. The number of rotatable bonds is 7. The first-order valence-electron chi connectivity index (χ1n) is 9.06. The SMILES string of the molecule is COc1ccc(CNc2ccc(-c3nc(-c4ccc(OC)cc4)no3)cn2)cc1. The average Bonchev–Trinajstić information content (AvgIpc) is 3.29. The molecule has 0 fully saturated rings. The second kappa shape index (κ2) is 8.43. The Bertz CT molecular complexity index is 1060. The molecule has 0 saturated carbocycles. The maximum absolute atomic E-state index is 5.39. The summed E-state index contributed by atoms with van der Waals surface area (Å²) in [5, 5.41) is 7.34. The number of hydrogen-bond donors (Lipinski definition) is 1. The van der Waals surface area contributed by atoms with Crippen LogP contribution in [0.4, 0.5) is 5.82 Å². The van der Waals surface area contributed by atoms with Gasteiger partial charge in [0.2, 0.25) is 5.82 Å². The largest absolute Gasteiger partial charge is 0.497 e. The Balaban J connectivity index is 1.41. The topological polar surface area (TPSA) is 82.3 Å². The lowest BCUT2D eigenvalue weighted by Gasteiger charge is -2.06. The molecule has 0 spiro atoms. The minimum atomic E-state index is 0.421. The summed E-state index contributed by atoms with van der Waals surface area (Å²) in [5.74, 6) is 3.32. The first-order chi connectivity index (χ1) is 14.2. The van der Waals surface area contributed by atoms with E-state index in [2.05, 4.69) is 20.4 Å². The van der Waals surface area contributed by atoms with Crippen molar-refractivity contribution in [1.82, 2.24) is 15.1 Å². The quantitative estimate of drug-likeness (QED) is 0.501. The van der Waals surface area contributed by atoms with Crippen molar-refractivity contribution in [3.05, 3.63) is 72.4 Å². The Morgan fingerprint density at radius 3 is 2.10 bits per heavy atom. The summed E-state index contributed by atoms with van der Waals surface area (Å²) < 4.78 is 15.7. The smallest absolute Gasteiger partial charge is 0.259 e. The summed E-state index contributed by atoms with van der Waals surface area (Å²) in [6.45, 7) is 0.665. The molecule has 0 amide bonds. The first kappa shape index (κ1) is 18.5. The van der Waals surface area contributed by atoms with Gasteiger partial charge in [0.15, 0.2) is 0 Å². The average molecular weight is 388 g/mol. The van der Waals surface area contributed by atoms with Crippen LogP contribution in [0.25, 0.3) is 22.8 Å². The van der Waals surface area contributed by atoms with E-state index in [0.717, 1.165) is 34.0 Å². The Morgan fingerprint density at radius 2 is 1.48 bits per heavy atom. The Kier molecular flexibility index (Phi) is 5.38. The number of pyridine rings is 1. The second-order valence-electron chi connectivity index (χ2n) is 6.29. The lowest BCUT2D eigenvalue weighted by Crippen LogP contribution is -2.01. The van der Waals surface area contributed by atoms with Gasteiger partial charge in [-0.1, -0.05) is 17.3 Å². The van der Waals surface area contributed by atoms with Crippen LogP contribution in [-0.2, 0) is 6.54 Å². The molecule has 0 saturated heterocycles. The number of hydrogen-bond acceptors (Lipinski definition) is 7. The molecule has 7 heteroatoms. The van der Waals surface area contributed by atoms with Gasteiger partial charge in [0.25, 0.3) is 5.89 Å². The minimum absolute atomic E-state index is 0.421. The Morgan fingerprint density at radius 1 is 0.828 bits per heavy atom. The van der Waals surface area contributed by atoms with Gasteiger partial charge >= 0.3 is 0 Å². The van der Waals surface area contributed by atoms with Crippen molar-refractivity contribution < 1.29 is 14.0 Å². The maximum atomic E-state index is 5.39. The zero-order valence-electron chi connectivity index (χ0n) is 16.1. The Hall–Kier alpha value is -3.87. The zero-order valence-corrected chi connectivity index (χ0v) is 16.1. The lowest BCUT2D eigenvalue weighted by atomic mass is 10.2. The number of anilines is 1. The summed E-state index contributed by atoms with van der Waals surface area (Å²) >= 11 is 0. The fourth-order valence-electron chi connectivity index (χ4n) is 2.76. The van der Waals surface area contributed by atoms with Gasteiger partial charge < -0.3 is 19.3 Å². The van der Waals surface area contributed by atoms with E-state index in [4.69, 9.17) is 14.0 Å². The molecule has 146 valence electrons. The van der Waals surface area contributed by atoms with Gasteiger partial charge in [0.1, 0.15) is 17.3 Å². The normalized spacial score (nSPS) is 10.6. The standard InChI is InChI=1S/C22H20N4O3/c1-27-18-8-3-15(4-9-18)13-23-20-12-7-17(14-24-20)22-25-21(26-29-22)16-5-10-19(28-2)11-6-16/h3-12,14H,13H2,1-2H3,(H,23,24). The van der Waals surface area contributed by atoms with Gasteiger partial charge in [-0.3, -0.25) is 0 Å². The molecule has 0 aliphatic heterocycles. The molecule has 0 aliphatic carbocycles. The predicted molar refractivity (Wildman–Crippen MR) is 110 cm³/mol. The van der Waals surface area contributed by atoms with Crippen molar-refractivity contribution in [2.45, 2.75) is 6.54 Å². The fraction of sp³-hybridized carbons (Fsp3) is 0.136. The van der Waals surface area contributed by atoms with Gasteiger partial charge in [-0.05, 0) is 54.1 Å². The molecule has 0 radical (unpaired) electrons. The van der Waals surface area contributed by atoms with E-state index < -0.39 is 0 Å². The molecule has 7 nitrogen and oxygen atoms in total. The van der Waals surface area contributed by atoms with E-state index in [9.17, 15) is 0 Å². The zero-order chi connectivity index (χ0) is 20.1. The highest BCUT2D eigenvalue weighted by molar-refractivity contribution is 5.60. The number of methoxy groups -OCH3 is 2. The first-order valence-corrected chi connectivity index (χ1v) is 9.06. The van der Waals surface area contributed by atoms with Crippen molar-refractivity contribution >= 4 is 5.82 Å².